The van der Waals surface area contributed by atoms with Crippen LogP contribution >= 0.6 is 0 Å². The summed E-state index contributed by atoms with van der Waals surface area (Å²) >= 11 is 0. The number of halogens is 1. The van der Waals surface area contributed by atoms with Gasteiger partial charge < -0.3 is 25.0 Å². The van der Waals surface area contributed by atoms with Gasteiger partial charge in [0.15, 0.2) is 0 Å². The average molecular weight is 516 g/mol. The third-order valence-corrected chi connectivity index (χ3v) is 8.19. The van der Waals surface area contributed by atoms with Crippen LogP contribution < -0.4 is 16.1 Å². The maximum absolute atomic E-state index is 13.4. The fraction of sp³-hybridized carbons (Fsp3) is 0.367. The van der Waals surface area contributed by atoms with Crippen molar-refractivity contribution in [1.82, 2.24) is 0 Å². The lowest BCUT2D eigenvalue weighted by atomic mass is 9.75. The highest BCUT2D eigenvalue weighted by atomic mass is 19.1. The number of nitrogens with zero attached hydrogens (tertiary/aromatic N) is 1. The van der Waals surface area contributed by atoms with Crippen LogP contribution in [0.5, 0.6) is 0 Å². The first-order chi connectivity index (χ1) is 18.0. The van der Waals surface area contributed by atoms with Crippen molar-refractivity contribution >= 4 is 29.9 Å². The molecule has 0 spiro atoms. The Balaban J connectivity index is 1.37. The Morgan fingerprint density at radius 1 is 0.947 bits per heavy atom. The lowest BCUT2D eigenvalue weighted by Gasteiger charge is -2.48. The predicted molar refractivity (Wildman–Crippen MR) is 147 cm³/mol. The smallest absolute Gasteiger partial charge is 0.399 e. The van der Waals surface area contributed by atoms with Gasteiger partial charge >= 0.3 is 7.12 Å². The van der Waals surface area contributed by atoms with Crippen LogP contribution in [0.4, 0.5) is 15.8 Å². The number of aliphatic hydroxyl groups is 1. The van der Waals surface area contributed by atoms with Crippen molar-refractivity contribution < 1.29 is 23.6 Å². The molecule has 3 aromatic rings. The monoisotopic (exact) mass is 516 g/mol. The quantitative estimate of drug-likeness (QED) is 0.265. The molecular weight excluding hydrogens is 482 g/mol. The minimum Gasteiger partial charge on any atom is -0.399 e. The Morgan fingerprint density at radius 3 is 2.11 bits per heavy atom. The molecule has 5 rings (SSSR count). The van der Waals surface area contributed by atoms with E-state index in [9.17, 15) is 14.3 Å². The number of β-lactam (4-membered cyclic amide) rings is 1. The molecule has 2 saturated heterocycles. The summed E-state index contributed by atoms with van der Waals surface area (Å²) < 4.78 is 25.7. The zero-order chi connectivity index (χ0) is 27.2. The molecule has 198 valence electrons. The van der Waals surface area contributed by atoms with Crippen LogP contribution in [0.2, 0.25) is 0 Å². The summed E-state index contributed by atoms with van der Waals surface area (Å²) in [5, 5.41) is 10.7. The molecule has 0 saturated carbocycles. The summed E-state index contributed by atoms with van der Waals surface area (Å²) in [6, 6.07) is 20.9. The molecule has 0 bridgehead atoms. The van der Waals surface area contributed by atoms with Crippen LogP contribution in [0.3, 0.4) is 0 Å². The summed E-state index contributed by atoms with van der Waals surface area (Å²) in [5.74, 6) is -0.648. The minimum atomic E-state index is -0.777. The van der Waals surface area contributed by atoms with Crippen LogP contribution in [0.1, 0.15) is 63.8 Å². The van der Waals surface area contributed by atoms with Gasteiger partial charge in [-0.1, -0.05) is 36.4 Å². The van der Waals surface area contributed by atoms with Gasteiger partial charge in [0.25, 0.3) is 0 Å². The number of hydrogen-bond acceptors (Lipinski definition) is 5. The zero-order valence-corrected chi connectivity index (χ0v) is 22.2. The maximum atomic E-state index is 13.4. The molecule has 2 fully saturated rings. The van der Waals surface area contributed by atoms with E-state index in [0.29, 0.717) is 24.1 Å². The van der Waals surface area contributed by atoms with E-state index < -0.39 is 24.4 Å². The highest BCUT2D eigenvalue weighted by Gasteiger charge is 2.52. The molecule has 3 atom stereocenters. The highest BCUT2D eigenvalue weighted by Crippen LogP contribution is 2.46. The Labute approximate surface area is 223 Å². The van der Waals surface area contributed by atoms with Crippen molar-refractivity contribution in [2.75, 3.05) is 10.6 Å². The standard InChI is InChI=1S/C30H34BFN2O4/c1-29(2)30(3,4)38-31(37-29)21-9-5-20(6-10-21)27-25(17-18-26(35)19-7-11-22(32)12-8-19)28(36)34(27)24-15-13-23(33)14-16-24/h5-16,25-27,35H,17-18,33H2,1-4H3/t25-,26+,27-/m1/s1. The molecule has 0 aliphatic carbocycles. The van der Waals surface area contributed by atoms with Gasteiger partial charge in [-0.15, -0.1) is 0 Å². The van der Waals surface area contributed by atoms with Crippen molar-refractivity contribution in [3.05, 3.63) is 89.7 Å². The number of carbonyl (C=O) groups excluding carboxylic acids is 1. The number of benzene rings is 3. The third kappa shape index (κ3) is 4.84. The van der Waals surface area contributed by atoms with Gasteiger partial charge in [0.2, 0.25) is 5.91 Å². The predicted octanol–water partition coefficient (Wildman–Crippen LogP) is 4.93. The molecule has 8 heteroatoms. The van der Waals surface area contributed by atoms with Crippen LogP contribution in [0.15, 0.2) is 72.8 Å². The number of carbonyl (C=O) groups is 1. The van der Waals surface area contributed by atoms with E-state index in [1.165, 1.54) is 12.1 Å². The van der Waals surface area contributed by atoms with Crippen molar-refractivity contribution in [3.63, 3.8) is 0 Å². The second-order valence-corrected chi connectivity index (χ2v) is 11.3. The SMILES string of the molecule is CC1(C)OB(c2ccc([C@@H]3[C@@H](CC[C@H](O)c4ccc(F)cc4)C(=O)N3c3ccc(N)cc3)cc2)OC1(C)C. The summed E-state index contributed by atoms with van der Waals surface area (Å²) in [6.07, 6.45) is 0.104. The van der Waals surface area contributed by atoms with E-state index >= 15 is 0 Å². The van der Waals surface area contributed by atoms with Crippen LogP contribution in [-0.2, 0) is 14.1 Å². The molecule has 0 aromatic heterocycles. The minimum absolute atomic E-state index is 0.00103. The number of amides is 1. The van der Waals surface area contributed by atoms with Gasteiger partial charge in [-0.05, 0) is 93.5 Å². The first-order valence-electron chi connectivity index (χ1n) is 13.0. The fourth-order valence-corrected chi connectivity index (χ4v) is 5.15. The van der Waals surface area contributed by atoms with Crippen LogP contribution in [0, 0.1) is 11.7 Å². The Kier molecular flexibility index (Phi) is 6.84. The van der Waals surface area contributed by atoms with E-state index in [1.54, 1.807) is 29.2 Å². The molecular formula is C30H34BFN2O4. The lowest BCUT2D eigenvalue weighted by Crippen LogP contribution is -2.55. The van der Waals surface area contributed by atoms with Gasteiger partial charge in [0.05, 0.1) is 29.3 Å². The lowest BCUT2D eigenvalue weighted by molar-refractivity contribution is -0.131. The summed E-state index contributed by atoms with van der Waals surface area (Å²) in [5.41, 5.74) is 8.96. The van der Waals surface area contributed by atoms with Gasteiger partial charge in [0, 0.05) is 11.4 Å². The highest BCUT2D eigenvalue weighted by molar-refractivity contribution is 6.62. The summed E-state index contributed by atoms with van der Waals surface area (Å²) in [7, 11) is -0.466. The second-order valence-electron chi connectivity index (χ2n) is 11.3. The zero-order valence-electron chi connectivity index (χ0n) is 22.2. The average Bonchev–Trinajstić information content (AvgIpc) is 3.10. The van der Waals surface area contributed by atoms with Crippen molar-refractivity contribution in [2.24, 2.45) is 5.92 Å². The molecule has 38 heavy (non-hydrogen) atoms. The molecule has 0 radical (unpaired) electrons. The van der Waals surface area contributed by atoms with Crippen molar-refractivity contribution in [1.29, 1.82) is 0 Å². The van der Waals surface area contributed by atoms with E-state index in [1.807, 2.05) is 64.1 Å². The molecule has 3 N–H and O–H groups in total. The fourth-order valence-electron chi connectivity index (χ4n) is 5.15. The number of nitrogen functional groups attached to an aromatic ring is 1. The van der Waals surface area contributed by atoms with E-state index in [-0.39, 0.29) is 23.7 Å². The number of rotatable bonds is 7. The molecule has 2 heterocycles. The van der Waals surface area contributed by atoms with Crippen LogP contribution in [0.25, 0.3) is 0 Å². The van der Waals surface area contributed by atoms with Gasteiger partial charge in [-0.3, -0.25) is 4.79 Å². The summed E-state index contributed by atoms with van der Waals surface area (Å²) in [4.78, 5) is 15.2. The Hall–Kier alpha value is -3.20. The van der Waals surface area contributed by atoms with E-state index in [0.717, 1.165) is 16.7 Å². The second kappa shape index (κ2) is 9.84. The molecule has 2 aliphatic heterocycles. The first-order valence-corrected chi connectivity index (χ1v) is 13.0. The number of nitrogens with two attached hydrogens (primary N) is 1. The van der Waals surface area contributed by atoms with Gasteiger partial charge in [0.1, 0.15) is 5.82 Å². The largest absolute Gasteiger partial charge is 0.494 e. The van der Waals surface area contributed by atoms with E-state index in [2.05, 4.69) is 0 Å². The normalized spacial score (nSPS) is 22.8. The van der Waals surface area contributed by atoms with Gasteiger partial charge in [-0.25, -0.2) is 4.39 Å². The molecule has 3 aromatic carbocycles. The maximum Gasteiger partial charge on any atom is 0.494 e. The van der Waals surface area contributed by atoms with Crippen LogP contribution in [-0.4, -0.2) is 29.3 Å². The van der Waals surface area contributed by atoms with Crippen molar-refractivity contribution in [2.45, 2.75) is 63.9 Å². The topological polar surface area (TPSA) is 85.0 Å². The number of aliphatic hydroxyl groups excluding tert-OH is 1. The Morgan fingerprint density at radius 2 is 1.53 bits per heavy atom. The van der Waals surface area contributed by atoms with Gasteiger partial charge in [-0.2, -0.15) is 0 Å². The number of hydrogen-bond donors (Lipinski definition) is 2. The number of anilines is 2. The van der Waals surface area contributed by atoms with Crippen molar-refractivity contribution in [3.8, 4) is 0 Å². The molecule has 6 nitrogen and oxygen atoms in total. The van der Waals surface area contributed by atoms with E-state index in [4.69, 9.17) is 15.0 Å². The first kappa shape index (κ1) is 26.4. The third-order valence-electron chi connectivity index (χ3n) is 8.19. The Bertz CT molecular complexity index is 1280. The molecule has 2 aliphatic rings. The molecule has 0 unspecified atom stereocenters. The molecule has 1 amide bonds. The summed E-state index contributed by atoms with van der Waals surface area (Å²) in [6.45, 7) is 8.10.